The van der Waals surface area contributed by atoms with Gasteiger partial charge in [0.2, 0.25) is 10.0 Å². The Balaban J connectivity index is 1.57. The van der Waals surface area contributed by atoms with E-state index in [1.54, 1.807) is 32.0 Å². The van der Waals surface area contributed by atoms with E-state index in [9.17, 15) is 26.4 Å². The van der Waals surface area contributed by atoms with Gasteiger partial charge in [0, 0.05) is 44.3 Å². The quantitative estimate of drug-likeness (QED) is 0.596. The summed E-state index contributed by atoms with van der Waals surface area (Å²) in [6.07, 6.45) is -3.06. The maximum absolute atomic E-state index is 12.9. The summed E-state index contributed by atoms with van der Waals surface area (Å²) in [5, 5.41) is 2.96. The summed E-state index contributed by atoms with van der Waals surface area (Å²) in [7, 11) is -3.66. The predicted molar refractivity (Wildman–Crippen MR) is 124 cm³/mol. The highest BCUT2D eigenvalue weighted by molar-refractivity contribution is 7.89. The molecular formula is C24H30F3N3O3S. The molecule has 0 unspecified atom stereocenters. The summed E-state index contributed by atoms with van der Waals surface area (Å²) in [6, 6.07) is 11.3. The number of likely N-dealkylation sites (tertiary alicyclic amines) is 1. The van der Waals surface area contributed by atoms with Gasteiger partial charge in [0.1, 0.15) is 0 Å². The second-order valence-electron chi connectivity index (χ2n) is 8.34. The average Bonchev–Trinajstić information content (AvgIpc) is 2.81. The number of carbonyl (C=O) groups excluding carboxylic acids is 1. The van der Waals surface area contributed by atoms with Crippen LogP contribution in [0.4, 0.5) is 13.2 Å². The lowest BCUT2D eigenvalue weighted by atomic mass is 10.0. The van der Waals surface area contributed by atoms with Crippen molar-refractivity contribution in [1.82, 2.24) is 14.5 Å². The zero-order valence-corrected chi connectivity index (χ0v) is 20.1. The molecule has 0 saturated carbocycles. The van der Waals surface area contributed by atoms with Gasteiger partial charge >= 0.3 is 6.18 Å². The molecule has 1 amide bonds. The van der Waals surface area contributed by atoms with Crippen molar-refractivity contribution in [3.8, 4) is 0 Å². The Bertz CT molecular complexity index is 1090. The topological polar surface area (TPSA) is 69.7 Å². The number of rotatable bonds is 8. The third-order valence-corrected chi connectivity index (χ3v) is 8.07. The van der Waals surface area contributed by atoms with Gasteiger partial charge in [0.15, 0.2) is 0 Å². The number of nitrogens with one attached hydrogen (secondary N) is 1. The standard InChI is InChI=1S/C24H30F3N3O3S/c1-3-30(4-2)34(32,33)22-10-6-8-19(16-22)23(31)28-21-11-13-29(14-12-21)17-18-7-5-9-20(15-18)24(25,26)27/h5-10,15-16,21H,3-4,11-14,17H2,1-2H3,(H,28,31). The van der Waals surface area contributed by atoms with E-state index in [1.807, 2.05) is 0 Å². The van der Waals surface area contributed by atoms with Crippen LogP contribution in [0.15, 0.2) is 53.4 Å². The van der Waals surface area contributed by atoms with Crippen molar-refractivity contribution in [3.05, 3.63) is 65.2 Å². The molecule has 10 heteroatoms. The second-order valence-corrected chi connectivity index (χ2v) is 10.3. The van der Waals surface area contributed by atoms with Crippen LogP contribution in [0.5, 0.6) is 0 Å². The van der Waals surface area contributed by atoms with E-state index < -0.39 is 21.8 Å². The number of halogens is 3. The molecule has 0 radical (unpaired) electrons. The first-order valence-electron chi connectivity index (χ1n) is 11.3. The molecule has 1 fully saturated rings. The molecule has 3 rings (SSSR count). The molecule has 0 spiro atoms. The monoisotopic (exact) mass is 497 g/mol. The fourth-order valence-electron chi connectivity index (χ4n) is 4.12. The number of alkyl halides is 3. The normalized spacial score (nSPS) is 16.1. The van der Waals surface area contributed by atoms with Gasteiger partial charge < -0.3 is 5.32 Å². The molecule has 1 N–H and O–H groups in total. The molecule has 6 nitrogen and oxygen atoms in total. The largest absolute Gasteiger partial charge is 0.416 e. The van der Waals surface area contributed by atoms with Crippen molar-refractivity contribution in [1.29, 1.82) is 0 Å². The molecule has 0 aromatic heterocycles. The van der Waals surface area contributed by atoms with E-state index in [0.29, 0.717) is 51.1 Å². The summed E-state index contributed by atoms with van der Waals surface area (Å²) < 4.78 is 65.6. The molecular weight excluding hydrogens is 467 g/mol. The minimum Gasteiger partial charge on any atom is -0.349 e. The smallest absolute Gasteiger partial charge is 0.349 e. The SMILES string of the molecule is CCN(CC)S(=O)(=O)c1cccc(C(=O)NC2CCN(Cc3cccc(C(F)(F)F)c3)CC2)c1. The van der Waals surface area contributed by atoms with Crippen LogP contribution in [-0.2, 0) is 22.7 Å². The Kier molecular flexibility index (Phi) is 8.38. The molecule has 0 atom stereocenters. The number of hydrogen-bond acceptors (Lipinski definition) is 4. The molecule has 34 heavy (non-hydrogen) atoms. The number of nitrogens with zero attached hydrogens (tertiary/aromatic N) is 2. The number of benzene rings is 2. The van der Waals surface area contributed by atoms with Gasteiger partial charge in [-0.3, -0.25) is 9.69 Å². The van der Waals surface area contributed by atoms with Crippen molar-refractivity contribution >= 4 is 15.9 Å². The van der Waals surface area contributed by atoms with Crippen molar-refractivity contribution in [2.45, 2.75) is 50.3 Å². The zero-order valence-electron chi connectivity index (χ0n) is 19.3. The maximum Gasteiger partial charge on any atom is 0.416 e. The minimum atomic E-state index is -4.37. The Hall–Kier alpha value is -2.43. The van der Waals surface area contributed by atoms with Gasteiger partial charge in [-0.25, -0.2) is 8.42 Å². The maximum atomic E-state index is 12.9. The third kappa shape index (κ3) is 6.37. The van der Waals surface area contributed by atoms with Gasteiger partial charge in [-0.15, -0.1) is 0 Å². The highest BCUT2D eigenvalue weighted by Gasteiger charge is 2.30. The Morgan fingerprint density at radius 1 is 1.06 bits per heavy atom. The van der Waals surface area contributed by atoms with Crippen LogP contribution in [0, 0.1) is 0 Å². The van der Waals surface area contributed by atoms with E-state index >= 15 is 0 Å². The first-order chi connectivity index (χ1) is 16.0. The molecule has 1 aliphatic heterocycles. The van der Waals surface area contributed by atoms with E-state index in [1.165, 1.54) is 28.6 Å². The number of amides is 1. The number of sulfonamides is 1. The number of carbonyl (C=O) groups is 1. The van der Waals surface area contributed by atoms with Gasteiger partial charge in [0.25, 0.3) is 5.91 Å². The lowest BCUT2D eigenvalue weighted by Crippen LogP contribution is -2.44. The van der Waals surface area contributed by atoms with Crippen LogP contribution in [0.2, 0.25) is 0 Å². The third-order valence-electron chi connectivity index (χ3n) is 6.02. The van der Waals surface area contributed by atoms with Crippen molar-refractivity contribution < 1.29 is 26.4 Å². The summed E-state index contributed by atoms with van der Waals surface area (Å²) in [6.45, 7) is 5.89. The van der Waals surface area contributed by atoms with Gasteiger partial charge in [-0.05, 0) is 42.7 Å². The lowest BCUT2D eigenvalue weighted by Gasteiger charge is -2.32. The Morgan fingerprint density at radius 2 is 1.71 bits per heavy atom. The molecule has 1 saturated heterocycles. The lowest BCUT2D eigenvalue weighted by molar-refractivity contribution is -0.137. The molecule has 2 aromatic rings. The van der Waals surface area contributed by atoms with E-state index in [-0.39, 0.29) is 22.4 Å². The molecule has 1 heterocycles. The van der Waals surface area contributed by atoms with Gasteiger partial charge in [0.05, 0.1) is 10.5 Å². The average molecular weight is 498 g/mol. The second kappa shape index (κ2) is 10.9. The molecule has 1 aliphatic rings. The highest BCUT2D eigenvalue weighted by Crippen LogP contribution is 2.30. The fourth-order valence-corrected chi connectivity index (χ4v) is 5.62. The van der Waals surface area contributed by atoms with Gasteiger partial charge in [-0.2, -0.15) is 17.5 Å². The summed E-state index contributed by atoms with van der Waals surface area (Å²) >= 11 is 0. The van der Waals surface area contributed by atoms with Crippen LogP contribution in [0.1, 0.15) is 48.2 Å². The first kappa shape index (κ1) is 26.2. The van der Waals surface area contributed by atoms with Crippen molar-refractivity contribution in [2.24, 2.45) is 0 Å². The van der Waals surface area contributed by atoms with Crippen LogP contribution in [-0.4, -0.2) is 55.8 Å². The Labute approximate surface area is 198 Å². The first-order valence-corrected chi connectivity index (χ1v) is 12.8. The van der Waals surface area contributed by atoms with E-state index in [4.69, 9.17) is 0 Å². The predicted octanol–water partition coefficient (Wildman–Crippen LogP) is 4.13. The summed E-state index contributed by atoms with van der Waals surface area (Å²) in [5.74, 6) is -0.340. The number of hydrogen-bond donors (Lipinski definition) is 1. The number of piperidine rings is 1. The van der Waals surface area contributed by atoms with Crippen LogP contribution < -0.4 is 5.32 Å². The summed E-state index contributed by atoms with van der Waals surface area (Å²) in [4.78, 5) is 14.9. The van der Waals surface area contributed by atoms with E-state index in [0.717, 1.165) is 6.07 Å². The molecule has 0 aliphatic carbocycles. The van der Waals surface area contributed by atoms with Gasteiger partial charge in [-0.1, -0.05) is 38.1 Å². The zero-order chi connectivity index (χ0) is 24.9. The molecule has 186 valence electrons. The van der Waals surface area contributed by atoms with Crippen LogP contribution in [0.3, 0.4) is 0 Å². The fraction of sp³-hybridized carbons (Fsp3) is 0.458. The molecule has 0 bridgehead atoms. The summed E-state index contributed by atoms with van der Waals surface area (Å²) in [5.41, 5.74) is 0.223. The highest BCUT2D eigenvalue weighted by atomic mass is 32.2. The Morgan fingerprint density at radius 3 is 2.32 bits per heavy atom. The van der Waals surface area contributed by atoms with E-state index in [2.05, 4.69) is 10.2 Å². The van der Waals surface area contributed by atoms with Crippen molar-refractivity contribution in [2.75, 3.05) is 26.2 Å². The van der Waals surface area contributed by atoms with Crippen LogP contribution in [0.25, 0.3) is 0 Å². The van der Waals surface area contributed by atoms with Crippen molar-refractivity contribution in [3.63, 3.8) is 0 Å². The minimum absolute atomic E-state index is 0.0831. The van der Waals surface area contributed by atoms with Crippen LogP contribution >= 0.6 is 0 Å². The molecule has 2 aromatic carbocycles.